The number of nitrogens with one attached hydrogen (secondary N) is 2. The summed E-state index contributed by atoms with van der Waals surface area (Å²) < 4.78 is 5.57. The monoisotopic (exact) mass is 407 g/mol. The molecule has 28 heavy (non-hydrogen) atoms. The minimum atomic E-state index is 0.234. The van der Waals surface area contributed by atoms with Crippen LogP contribution in [0.1, 0.15) is 38.5 Å². The van der Waals surface area contributed by atoms with Crippen molar-refractivity contribution in [2.24, 2.45) is 10.9 Å². The van der Waals surface area contributed by atoms with Crippen LogP contribution in [0.3, 0.4) is 0 Å². The van der Waals surface area contributed by atoms with Gasteiger partial charge in [-0.3, -0.25) is 9.79 Å². The summed E-state index contributed by atoms with van der Waals surface area (Å²) in [5, 5.41) is 7.24. The Bertz CT molecular complexity index is 661. The van der Waals surface area contributed by atoms with Crippen LogP contribution >= 0.6 is 11.6 Å². The van der Waals surface area contributed by atoms with E-state index in [4.69, 9.17) is 16.3 Å². The smallest absolute Gasteiger partial charge is 0.225 e. The SMILES string of the molecule is CN=C(NCCOc1ccc(Cl)cn1)NC1CCN(C(=O)C2CCCCC2)C1. The highest BCUT2D eigenvalue weighted by Gasteiger charge is 2.31. The van der Waals surface area contributed by atoms with Gasteiger partial charge in [0.15, 0.2) is 5.96 Å². The molecule has 7 nitrogen and oxygen atoms in total. The molecule has 2 aliphatic rings. The fourth-order valence-electron chi connectivity index (χ4n) is 3.85. The molecule has 2 fully saturated rings. The van der Waals surface area contributed by atoms with Gasteiger partial charge in [0, 0.05) is 44.4 Å². The van der Waals surface area contributed by atoms with E-state index in [1.807, 2.05) is 4.90 Å². The lowest BCUT2D eigenvalue weighted by Crippen LogP contribution is -2.46. The van der Waals surface area contributed by atoms with E-state index >= 15 is 0 Å². The third-order valence-electron chi connectivity index (χ3n) is 5.36. The van der Waals surface area contributed by atoms with Crippen LogP contribution in [0.2, 0.25) is 5.02 Å². The van der Waals surface area contributed by atoms with Crippen LogP contribution in [0.5, 0.6) is 5.88 Å². The van der Waals surface area contributed by atoms with Crippen LogP contribution in [0.15, 0.2) is 23.3 Å². The summed E-state index contributed by atoms with van der Waals surface area (Å²) in [4.78, 5) is 23.1. The normalized spacial score (nSPS) is 20.9. The second-order valence-corrected chi connectivity index (χ2v) is 7.85. The third-order valence-corrected chi connectivity index (χ3v) is 5.59. The molecule has 3 rings (SSSR count). The van der Waals surface area contributed by atoms with Crippen molar-refractivity contribution in [2.45, 2.75) is 44.6 Å². The van der Waals surface area contributed by atoms with Gasteiger partial charge in [0.25, 0.3) is 0 Å². The van der Waals surface area contributed by atoms with Gasteiger partial charge in [0.05, 0.1) is 11.6 Å². The summed E-state index contributed by atoms with van der Waals surface area (Å²) in [5.41, 5.74) is 0. The number of carbonyl (C=O) groups excluding carboxylic acids is 1. The number of rotatable bonds is 6. The van der Waals surface area contributed by atoms with Crippen molar-refractivity contribution in [1.82, 2.24) is 20.5 Å². The molecule has 1 atom stereocenters. The number of ether oxygens (including phenoxy) is 1. The molecule has 1 aliphatic carbocycles. The molecule has 1 unspecified atom stereocenters. The average molecular weight is 408 g/mol. The zero-order chi connectivity index (χ0) is 19.8. The van der Waals surface area contributed by atoms with Gasteiger partial charge >= 0.3 is 0 Å². The Hall–Kier alpha value is -2.02. The number of aliphatic imine (C=N–C) groups is 1. The molecule has 154 valence electrons. The van der Waals surface area contributed by atoms with Crippen LogP contribution in [0, 0.1) is 5.92 Å². The molecular weight excluding hydrogens is 378 g/mol. The van der Waals surface area contributed by atoms with E-state index in [-0.39, 0.29) is 12.0 Å². The number of aromatic nitrogens is 1. The second kappa shape index (κ2) is 10.5. The van der Waals surface area contributed by atoms with Gasteiger partial charge in [-0.1, -0.05) is 30.9 Å². The number of nitrogens with zero attached hydrogens (tertiary/aromatic N) is 3. The molecule has 1 saturated heterocycles. The van der Waals surface area contributed by atoms with Crippen LogP contribution in [0.25, 0.3) is 0 Å². The molecule has 1 amide bonds. The first-order valence-electron chi connectivity index (χ1n) is 10.2. The fraction of sp³-hybridized carbons (Fsp3) is 0.650. The molecule has 8 heteroatoms. The van der Waals surface area contributed by atoms with E-state index in [0.29, 0.717) is 30.0 Å². The molecule has 1 aromatic rings. The van der Waals surface area contributed by atoms with E-state index in [1.54, 1.807) is 25.4 Å². The van der Waals surface area contributed by atoms with Crippen molar-refractivity contribution in [1.29, 1.82) is 0 Å². The predicted molar refractivity (Wildman–Crippen MR) is 111 cm³/mol. The molecular formula is C20H30ClN5O2. The number of amides is 1. The first kappa shape index (κ1) is 20.7. The van der Waals surface area contributed by atoms with Crippen molar-refractivity contribution in [2.75, 3.05) is 33.3 Å². The molecule has 1 aliphatic heterocycles. The van der Waals surface area contributed by atoms with Crippen LogP contribution in [0.4, 0.5) is 0 Å². The maximum atomic E-state index is 12.7. The minimum absolute atomic E-state index is 0.234. The van der Waals surface area contributed by atoms with Crippen molar-refractivity contribution < 1.29 is 9.53 Å². The molecule has 0 bridgehead atoms. The van der Waals surface area contributed by atoms with E-state index in [1.165, 1.54) is 19.3 Å². The van der Waals surface area contributed by atoms with Gasteiger partial charge < -0.3 is 20.3 Å². The number of carbonyl (C=O) groups is 1. The minimum Gasteiger partial charge on any atom is -0.476 e. The van der Waals surface area contributed by atoms with Gasteiger partial charge in [0.2, 0.25) is 11.8 Å². The summed E-state index contributed by atoms with van der Waals surface area (Å²) in [6, 6.07) is 3.72. The highest BCUT2D eigenvalue weighted by atomic mass is 35.5. The van der Waals surface area contributed by atoms with Gasteiger partial charge in [0.1, 0.15) is 6.61 Å². The lowest BCUT2D eigenvalue weighted by Gasteiger charge is -2.26. The Labute approximate surface area is 171 Å². The van der Waals surface area contributed by atoms with Crippen LogP contribution in [-0.4, -0.2) is 61.1 Å². The predicted octanol–water partition coefficient (Wildman–Crippen LogP) is 2.46. The molecule has 0 aromatic carbocycles. The molecule has 1 saturated carbocycles. The van der Waals surface area contributed by atoms with E-state index in [2.05, 4.69) is 20.6 Å². The number of guanidine groups is 1. The molecule has 2 heterocycles. The van der Waals surface area contributed by atoms with Gasteiger partial charge in [-0.25, -0.2) is 4.98 Å². The summed E-state index contributed by atoms with van der Waals surface area (Å²) in [6.07, 6.45) is 8.27. The van der Waals surface area contributed by atoms with Crippen molar-refractivity contribution in [3.05, 3.63) is 23.4 Å². The van der Waals surface area contributed by atoms with Crippen LogP contribution < -0.4 is 15.4 Å². The molecule has 2 N–H and O–H groups in total. The zero-order valence-corrected chi connectivity index (χ0v) is 17.2. The number of pyridine rings is 1. The first-order chi connectivity index (χ1) is 13.7. The Morgan fingerprint density at radius 3 is 2.86 bits per heavy atom. The largest absolute Gasteiger partial charge is 0.476 e. The van der Waals surface area contributed by atoms with Crippen LogP contribution in [-0.2, 0) is 4.79 Å². The van der Waals surface area contributed by atoms with E-state index < -0.39 is 0 Å². The molecule has 0 radical (unpaired) electrons. The number of hydrogen-bond acceptors (Lipinski definition) is 4. The summed E-state index contributed by atoms with van der Waals surface area (Å²) in [5.74, 6) is 1.85. The fourth-order valence-corrected chi connectivity index (χ4v) is 3.96. The Morgan fingerprint density at radius 2 is 2.14 bits per heavy atom. The maximum Gasteiger partial charge on any atom is 0.225 e. The highest BCUT2D eigenvalue weighted by molar-refractivity contribution is 6.30. The Morgan fingerprint density at radius 1 is 1.32 bits per heavy atom. The summed E-state index contributed by atoms with van der Waals surface area (Å²) in [7, 11) is 1.75. The second-order valence-electron chi connectivity index (χ2n) is 7.41. The number of hydrogen-bond donors (Lipinski definition) is 2. The molecule has 0 spiro atoms. The maximum absolute atomic E-state index is 12.7. The highest BCUT2D eigenvalue weighted by Crippen LogP contribution is 2.26. The lowest BCUT2D eigenvalue weighted by molar-refractivity contribution is -0.135. The van der Waals surface area contributed by atoms with Crippen molar-refractivity contribution in [3.8, 4) is 5.88 Å². The Balaban J connectivity index is 1.36. The first-order valence-corrected chi connectivity index (χ1v) is 10.5. The third kappa shape index (κ3) is 5.99. The number of halogens is 1. The molecule has 1 aromatic heterocycles. The van der Waals surface area contributed by atoms with Crippen molar-refractivity contribution >= 4 is 23.5 Å². The van der Waals surface area contributed by atoms with E-state index in [0.717, 1.165) is 38.3 Å². The summed E-state index contributed by atoms with van der Waals surface area (Å²) in [6.45, 7) is 2.64. The van der Waals surface area contributed by atoms with Gasteiger partial charge in [-0.2, -0.15) is 0 Å². The van der Waals surface area contributed by atoms with Gasteiger partial charge in [-0.05, 0) is 25.3 Å². The summed E-state index contributed by atoms with van der Waals surface area (Å²) >= 11 is 5.81. The van der Waals surface area contributed by atoms with E-state index in [9.17, 15) is 4.79 Å². The average Bonchev–Trinajstić information content (AvgIpc) is 3.20. The van der Waals surface area contributed by atoms with Crippen molar-refractivity contribution in [3.63, 3.8) is 0 Å². The Kier molecular flexibility index (Phi) is 7.77. The lowest BCUT2D eigenvalue weighted by atomic mass is 9.88. The quantitative estimate of drug-likeness (QED) is 0.430. The topological polar surface area (TPSA) is 78.9 Å². The zero-order valence-electron chi connectivity index (χ0n) is 16.5. The van der Waals surface area contributed by atoms with Gasteiger partial charge in [-0.15, -0.1) is 0 Å². The number of likely N-dealkylation sites (tertiary alicyclic amines) is 1. The standard InChI is InChI=1S/C20H30ClN5O2/c1-22-20(23-10-12-28-18-8-7-16(21)13-24-18)25-17-9-11-26(14-17)19(27)15-5-3-2-4-6-15/h7-8,13,15,17H,2-6,9-12,14H2,1H3,(H2,22,23,25).